The SMILES string of the molecule is CC(=O)CC(=O)OCCl. The molecule has 0 aromatic rings. The average molecular weight is 151 g/mol. The summed E-state index contributed by atoms with van der Waals surface area (Å²) in [5, 5.41) is 0. The zero-order valence-electron chi connectivity index (χ0n) is 5.02. The second-order valence-corrected chi connectivity index (χ2v) is 1.72. The van der Waals surface area contributed by atoms with Crippen LogP contribution >= 0.6 is 11.6 Å². The first-order valence-corrected chi connectivity index (χ1v) is 2.91. The number of esters is 1. The van der Waals surface area contributed by atoms with Crippen LogP contribution in [0.1, 0.15) is 13.3 Å². The Kier molecular flexibility index (Phi) is 4.05. The third-order valence-corrected chi connectivity index (χ3v) is 0.718. The minimum absolute atomic E-state index is 0.188. The third kappa shape index (κ3) is 5.30. The lowest BCUT2D eigenvalue weighted by molar-refractivity contribution is -0.143. The minimum Gasteiger partial charge on any atom is -0.449 e. The van der Waals surface area contributed by atoms with Crippen LogP contribution in [0.3, 0.4) is 0 Å². The van der Waals surface area contributed by atoms with E-state index in [-0.39, 0.29) is 18.3 Å². The molecule has 0 unspecified atom stereocenters. The second kappa shape index (κ2) is 4.32. The zero-order valence-corrected chi connectivity index (χ0v) is 5.77. The van der Waals surface area contributed by atoms with E-state index >= 15 is 0 Å². The fourth-order valence-corrected chi connectivity index (χ4v) is 0.437. The average Bonchev–Trinajstić information content (AvgIpc) is 1.63. The summed E-state index contributed by atoms with van der Waals surface area (Å²) in [6, 6.07) is -0.188. The van der Waals surface area contributed by atoms with Crippen molar-refractivity contribution in [3.63, 3.8) is 0 Å². The molecule has 0 aliphatic carbocycles. The molecule has 0 bridgehead atoms. The van der Waals surface area contributed by atoms with Crippen LogP contribution in [0.4, 0.5) is 0 Å². The minimum atomic E-state index is -0.572. The summed E-state index contributed by atoms with van der Waals surface area (Å²) in [6.45, 7) is 1.31. The molecule has 0 radical (unpaired) electrons. The summed E-state index contributed by atoms with van der Waals surface area (Å²) in [6.07, 6.45) is -0.188. The third-order valence-electron chi connectivity index (χ3n) is 0.609. The second-order valence-electron chi connectivity index (χ2n) is 1.50. The number of hydrogen-bond acceptors (Lipinski definition) is 3. The Hall–Kier alpha value is -0.570. The topological polar surface area (TPSA) is 43.4 Å². The maximum Gasteiger partial charge on any atom is 0.314 e. The Morgan fingerprint density at radius 3 is 2.44 bits per heavy atom. The van der Waals surface area contributed by atoms with Crippen molar-refractivity contribution in [1.82, 2.24) is 0 Å². The Bertz CT molecular complexity index is 121. The van der Waals surface area contributed by atoms with Crippen LogP contribution in [0, 0.1) is 0 Å². The molecule has 0 rings (SSSR count). The molecular formula is C5H7ClO3. The van der Waals surface area contributed by atoms with Crippen molar-refractivity contribution in [1.29, 1.82) is 0 Å². The van der Waals surface area contributed by atoms with Gasteiger partial charge in [0.1, 0.15) is 12.2 Å². The van der Waals surface area contributed by atoms with Gasteiger partial charge in [0.2, 0.25) is 0 Å². The molecule has 0 aromatic heterocycles. The molecule has 0 atom stereocenters. The molecule has 0 saturated heterocycles. The molecule has 0 aliphatic heterocycles. The molecule has 0 amide bonds. The van der Waals surface area contributed by atoms with Gasteiger partial charge in [-0.2, -0.15) is 0 Å². The van der Waals surface area contributed by atoms with E-state index in [1.54, 1.807) is 0 Å². The van der Waals surface area contributed by atoms with E-state index in [0.717, 1.165) is 0 Å². The van der Waals surface area contributed by atoms with E-state index < -0.39 is 5.97 Å². The molecule has 0 heterocycles. The number of Topliss-reactive ketones (excluding diaryl/α,β-unsaturated/α-hetero) is 1. The Morgan fingerprint density at radius 2 is 2.11 bits per heavy atom. The maximum atomic E-state index is 10.3. The van der Waals surface area contributed by atoms with Gasteiger partial charge in [-0.15, -0.1) is 0 Å². The highest BCUT2D eigenvalue weighted by molar-refractivity contribution is 6.17. The first-order chi connectivity index (χ1) is 4.16. The molecule has 0 aromatic carbocycles. The van der Waals surface area contributed by atoms with Crippen molar-refractivity contribution in [2.45, 2.75) is 13.3 Å². The highest BCUT2D eigenvalue weighted by atomic mass is 35.5. The van der Waals surface area contributed by atoms with Crippen molar-refractivity contribution in [2.75, 3.05) is 6.07 Å². The van der Waals surface area contributed by atoms with Crippen LogP contribution in [0.2, 0.25) is 0 Å². The lowest BCUT2D eigenvalue weighted by Crippen LogP contribution is -2.07. The van der Waals surface area contributed by atoms with Crippen LogP contribution in [-0.4, -0.2) is 17.8 Å². The highest BCUT2D eigenvalue weighted by Gasteiger charge is 2.03. The molecule has 0 aliphatic rings. The lowest BCUT2D eigenvalue weighted by Gasteiger charge is -1.94. The molecule has 4 heteroatoms. The number of alkyl halides is 1. The fraction of sp³-hybridized carbons (Fsp3) is 0.600. The van der Waals surface area contributed by atoms with Gasteiger partial charge in [0.05, 0.1) is 0 Å². The van der Waals surface area contributed by atoms with Gasteiger partial charge in [0, 0.05) is 0 Å². The number of halogens is 1. The van der Waals surface area contributed by atoms with E-state index in [4.69, 9.17) is 11.6 Å². The first-order valence-electron chi connectivity index (χ1n) is 2.38. The predicted molar refractivity (Wildman–Crippen MR) is 32.1 cm³/mol. The molecule has 9 heavy (non-hydrogen) atoms. The van der Waals surface area contributed by atoms with Gasteiger partial charge in [0.15, 0.2) is 6.07 Å². The summed E-state index contributed by atoms with van der Waals surface area (Å²) in [5.41, 5.74) is 0. The van der Waals surface area contributed by atoms with Crippen molar-refractivity contribution in [2.24, 2.45) is 0 Å². The summed E-state index contributed by atoms with van der Waals surface area (Å²) in [7, 11) is 0. The molecule has 52 valence electrons. The van der Waals surface area contributed by atoms with E-state index in [9.17, 15) is 9.59 Å². The molecule has 0 spiro atoms. The van der Waals surface area contributed by atoms with E-state index in [2.05, 4.69) is 4.74 Å². The summed E-state index contributed by atoms with van der Waals surface area (Å²) in [4.78, 5) is 20.5. The summed E-state index contributed by atoms with van der Waals surface area (Å²) in [5.74, 6) is -0.789. The van der Waals surface area contributed by atoms with Crippen molar-refractivity contribution in [3.8, 4) is 0 Å². The van der Waals surface area contributed by atoms with E-state index in [1.165, 1.54) is 6.92 Å². The van der Waals surface area contributed by atoms with Crippen molar-refractivity contribution >= 4 is 23.4 Å². The fourth-order valence-electron chi connectivity index (χ4n) is 0.315. The standard InChI is InChI=1S/C5H7ClO3/c1-4(7)2-5(8)9-3-6/h2-3H2,1H3. The van der Waals surface area contributed by atoms with Gasteiger partial charge in [-0.3, -0.25) is 9.59 Å². The molecule has 0 saturated carbocycles. The number of carbonyl (C=O) groups is 2. The van der Waals surface area contributed by atoms with Crippen molar-refractivity contribution in [3.05, 3.63) is 0 Å². The predicted octanol–water partition coefficient (Wildman–Crippen LogP) is 0.705. The molecule has 0 fully saturated rings. The summed E-state index contributed by atoms with van der Waals surface area (Å²) >= 11 is 5.03. The first kappa shape index (κ1) is 8.43. The van der Waals surface area contributed by atoms with Gasteiger partial charge >= 0.3 is 5.97 Å². The van der Waals surface area contributed by atoms with Crippen LogP contribution in [0.25, 0.3) is 0 Å². The van der Waals surface area contributed by atoms with Crippen LogP contribution in [0.5, 0.6) is 0 Å². The number of ketones is 1. The Balaban J connectivity index is 3.39. The van der Waals surface area contributed by atoms with Crippen LogP contribution in [-0.2, 0) is 14.3 Å². The van der Waals surface area contributed by atoms with Crippen LogP contribution < -0.4 is 0 Å². The zero-order chi connectivity index (χ0) is 7.28. The normalized spacial score (nSPS) is 8.67. The van der Waals surface area contributed by atoms with E-state index in [1.807, 2.05) is 0 Å². The maximum absolute atomic E-state index is 10.3. The summed E-state index contributed by atoms with van der Waals surface area (Å²) < 4.78 is 4.26. The smallest absolute Gasteiger partial charge is 0.314 e. The Labute approximate surface area is 57.9 Å². The molecule has 3 nitrogen and oxygen atoms in total. The number of carbonyl (C=O) groups excluding carboxylic acids is 2. The van der Waals surface area contributed by atoms with Gasteiger partial charge < -0.3 is 4.74 Å². The largest absolute Gasteiger partial charge is 0.449 e. The number of ether oxygens (including phenoxy) is 1. The van der Waals surface area contributed by atoms with Gasteiger partial charge in [0.25, 0.3) is 0 Å². The lowest BCUT2D eigenvalue weighted by atomic mass is 10.3. The van der Waals surface area contributed by atoms with E-state index in [0.29, 0.717) is 0 Å². The van der Waals surface area contributed by atoms with Crippen LogP contribution in [0.15, 0.2) is 0 Å². The van der Waals surface area contributed by atoms with Gasteiger partial charge in [-0.1, -0.05) is 11.6 Å². The Morgan fingerprint density at radius 1 is 1.56 bits per heavy atom. The van der Waals surface area contributed by atoms with Crippen molar-refractivity contribution < 1.29 is 14.3 Å². The van der Waals surface area contributed by atoms with Gasteiger partial charge in [-0.25, -0.2) is 0 Å². The molecular weight excluding hydrogens is 144 g/mol. The quantitative estimate of drug-likeness (QED) is 0.338. The monoisotopic (exact) mass is 150 g/mol. The highest BCUT2D eigenvalue weighted by Crippen LogP contribution is 1.88. The number of rotatable bonds is 3. The molecule has 0 N–H and O–H groups in total. The van der Waals surface area contributed by atoms with Gasteiger partial charge in [-0.05, 0) is 6.92 Å². The number of hydrogen-bond donors (Lipinski definition) is 0.